The molecule has 2 fully saturated rings. The number of esters is 1. The lowest BCUT2D eigenvalue weighted by molar-refractivity contribution is -0.150. The molecule has 1 aromatic heterocycles. The number of hydrogen-bond donors (Lipinski definition) is 4. The summed E-state index contributed by atoms with van der Waals surface area (Å²) in [6, 6.07) is 7.13. The number of nitrogens with one attached hydrogen (secondary N) is 2. The van der Waals surface area contributed by atoms with Crippen LogP contribution in [0.4, 0.5) is 23.3 Å². The normalized spacial score (nSPS) is 23.6. The second-order valence-corrected chi connectivity index (χ2v) is 12.2. The number of fused-ring (bicyclic) bond motifs is 1. The third-order valence-electron chi connectivity index (χ3n) is 7.51. The number of carbonyl (C=O) groups is 1. The quantitative estimate of drug-likeness (QED) is 0.131. The molecule has 0 amide bonds. The van der Waals surface area contributed by atoms with Gasteiger partial charge in [-0.1, -0.05) is 24.6 Å². The maximum absolute atomic E-state index is 12.8. The Morgan fingerprint density at radius 3 is 2.73 bits per heavy atom. The Hall–Kier alpha value is -2.96. The van der Waals surface area contributed by atoms with Crippen molar-refractivity contribution in [3.8, 4) is 5.75 Å². The number of carbonyl (C=O) groups excluding carboxylic acids is 1. The van der Waals surface area contributed by atoms with Crippen molar-refractivity contribution in [1.29, 1.82) is 0 Å². The van der Waals surface area contributed by atoms with Gasteiger partial charge in [0.2, 0.25) is 5.95 Å². The van der Waals surface area contributed by atoms with Gasteiger partial charge in [0, 0.05) is 13.0 Å². The Balaban J connectivity index is 1.22. The number of aryl methyl sites for hydroxylation is 1. The van der Waals surface area contributed by atoms with Crippen LogP contribution in [0.5, 0.6) is 5.75 Å². The number of anilines is 4. The van der Waals surface area contributed by atoms with Crippen molar-refractivity contribution in [1.82, 2.24) is 15.1 Å². The number of benzene rings is 1. The summed E-state index contributed by atoms with van der Waals surface area (Å²) in [5.41, 5.74) is 7.82. The van der Waals surface area contributed by atoms with Gasteiger partial charge < -0.3 is 34.5 Å². The van der Waals surface area contributed by atoms with Crippen molar-refractivity contribution in [2.75, 3.05) is 41.3 Å². The third kappa shape index (κ3) is 7.10. The molecule has 14 heteroatoms. The van der Waals surface area contributed by atoms with Gasteiger partial charge in [-0.05, 0) is 58.1 Å². The highest BCUT2D eigenvalue weighted by Gasteiger charge is 2.41. The van der Waals surface area contributed by atoms with E-state index in [9.17, 15) is 4.79 Å². The van der Waals surface area contributed by atoms with Crippen molar-refractivity contribution < 1.29 is 23.3 Å². The lowest BCUT2D eigenvalue weighted by atomic mass is 10.1. The first-order valence-corrected chi connectivity index (χ1v) is 15.3. The van der Waals surface area contributed by atoms with Crippen molar-refractivity contribution in [2.24, 2.45) is 11.8 Å². The maximum Gasteiger partial charge on any atom is 0.323 e. The number of ether oxygens (including phenoxy) is 2. The minimum Gasteiger partial charge on any atom is -0.461 e. The maximum atomic E-state index is 12.8. The van der Waals surface area contributed by atoms with E-state index in [0.717, 1.165) is 43.4 Å². The van der Waals surface area contributed by atoms with Crippen LogP contribution in [0, 0.1) is 12.8 Å². The van der Waals surface area contributed by atoms with E-state index in [1.54, 1.807) is 14.0 Å². The molecule has 2 aromatic rings. The molecule has 41 heavy (non-hydrogen) atoms. The van der Waals surface area contributed by atoms with Crippen molar-refractivity contribution in [2.45, 2.75) is 77.4 Å². The molecule has 1 saturated heterocycles. The first-order chi connectivity index (χ1) is 19.7. The molecule has 3 aliphatic rings. The van der Waals surface area contributed by atoms with Gasteiger partial charge in [-0.25, -0.2) is 10.9 Å². The molecule has 5 rings (SSSR count). The summed E-state index contributed by atoms with van der Waals surface area (Å²) >= 11 is 0. The highest BCUT2D eigenvalue weighted by atomic mass is 31.2. The predicted molar refractivity (Wildman–Crippen MR) is 158 cm³/mol. The Labute approximate surface area is 242 Å². The number of nitrogens with zero attached hydrogens (tertiary/aromatic N) is 4. The van der Waals surface area contributed by atoms with Gasteiger partial charge in [0.15, 0.2) is 11.6 Å². The minimum absolute atomic E-state index is 0.00520. The Bertz CT molecular complexity index is 1200. The SMILES string of the molecule is Cc1ccc(OP(NC(C)C(=O)OC2CCCC2)OCC2CC(C)C(N3CNc4c(N(C)N)nc(N)nc43)O2)cc1. The van der Waals surface area contributed by atoms with Crippen LogP contribution in [0.1, 0.15) is 51.5 Å². The van der Waals surface area contributed by atoms with Gasteiger partial charge in [-0.3, -0.25) is 9.80 Å². The summed E-state index contributed by atoms with van der Waals surface area (Å²) in [6.07, 6.45) is 4.35. The average Bonchev–Trinajstić information content (AvgIpc) is 3.68. The molecule has 5 atom stereocenters. The van der Waals surface area contributed by atoms with Gasteiger partial charge in [0.1, 0.15) is 29.8 Å². The van der Waals surface area contributed by atoms with E-state index in [2.05, 4.69) is 27.3 Å². The number of hydrazine groups is 1. The second-order valence-electron chi connectivity index (χ2n) is 11.0. The van der Waals surface area contributed by atoms with Crippen LogP contribution in [0.25, 0.3) is 0 Å². The van der Waals surface area contributed by atoms with E-state index in [0.29, 0.717) is 24.1 Å². The molecule has 224 valence electrons. The topological polar surface area (TPSA) is 162 Å². The van der Waals surface area contributed by atoms with E-state index < -0.39 is 14.6 Å². The summed E-state index contributed by atoms with van der Waals surface area (Å²) in [7, 11) is 0.0402. The number of aromatic nitrogens is 2. The molecule has 1 aliphatic carbocycles. The van der Waals surface area contributed by atoms with E-state index in [1.807, 2.05) is 36.1 Å². The smallest absolute Gasteiger partial charge is 0.323 e. The zero-order chi connectivity index (χ0) is 29.1. The monoisotopic (exact) mass is 588 g/mol. The molecule has 0 radical (unpaired) electrons. The highest BCUT2D eigenvalue weighted by molar-refractivity contribution is 7.45. The molecule has 3 heterocycles. The highest BCUT2D eigenvalue weighted by Crippen LogP contribution is 2.42. The summed E-state index contributed by atoms with van der Waals surface area (Å²) < 4.78 is 24.6. The fraction of sp³-hybridized carbons (Fsp3) is 0.593. The Morgan fingerprint density at radius 1 is 1.29 bits per heavy atom. The minimum atomic E-state index is -1.66. The van der Waals surface area contributed by atoms with Gasteiger partial charge in [0.05, 0.1) is 19.4 Å². The van der Waals surface area contributed by atoms with E-state index in [4.69, 9.17) is 30.1 Å². The van der Waals surface area contributed by atoms with E-state index in [-0.39, 0.29) is 42.9 Å². The van der Waals surface area contributed by atoms with Gasteiger partial charge in [0.25, 0.3) is 0 Å². The van der Waals surface area contributed by atoms with E-state index >= 15 is 0 Å². The largest absolute Gasteiger partial charge is 0.461 e. The molecule has 13 nitrogen and oxygen atoms in total. The number of nitrogen functional groups attached to an aromatic ring is 1. The molecule has 1 aromatic carbocycles. The van der Waals surface area contributed by atoms with Crippen LogP contribution in [0.15, 0.2) is 24.3 Å². The fourth-order valence-electron chi connectivity index (χ4n) is 5.35. The average molecular weight is 589 g/mol. The first-order valence-electron chi connectivity index (χ1n) is 14.1. The van der Waals surface area contributed by atoms with Crippen LogP contribution >= 0.6 is 8.53 Å². The summed E-state index contributed by atoms with van der Waals surface area (Å²) in [5, 5.41) is 7.95. The molecule has 6 N–H and O–H groups in total. The lowest BCUT2D eigenvalue weighted by Gasteiger charge is -2.28. The van der Waals surface area contributed by atoms with Crippen LogP contribution < -0.4 is 36.4 Å². The molecular formula is C27H41N8O5P. The zero-order valence-corrected chi connectivity index (χ0v) is 25.0. The summed E-state index contributed by atoms with van der Waals surface area (Å²) in [5.74, 6) is 7.82. The van der Waals surface area contributed by atoms with Gasteiger partial charge in [-0.2, -0.15) is 9.97 Å². The molecule has 2 aliphatic heterocycles. The third-order valence-corrected chi connectivity index (χ3v) is 8.86. The molecule has 0 spiro atoms. The van der Waals surface area contributed by atoms with Crippen LogP contribution in [0.3, 0.4) is 0 Å². The zero-order valence-electron chi connectivity index (χ0n) is 24.1. The predicted octanol–water partition coefficient (Wildman–Crippen LogP) is 3.40. The Kier molecular flexibility index (Phi) is 9.30. The van der Waals surface area contributed by atoms with Crippen LogP contribution in [-0.4, -0.2) is 60.7 Å². The lowest BCUT2D eigenvalue weighted by Crippen LogP contribution is -2.39. The first kappa shape index (κ1) is 29.5. The number of rotatable bonds is 11. The molecular weight excluding hydrogens is 547 g/mol. The Morgan fingerprint density at radius 2 is 2.02 bits per heavy atom. The van der Waals surface area contributed by atoms with Gasteiger partial charge >= 0.3 is 14.5 Å². The fourth-order valence-corrected chi connectivity index (χ4v) is 6.57. The van der Waals surface area contributed by atoms with Crippen molar-refractivity contribution in [3.05, 3.63) is 29.8 Å². The van der Waals surface area contributed by atoms with E-state index in [1.165, 1.54) is 5.01 Å². The van der Waals surface area contributed by atoms with Crippen LogP contribution in [0.2, 0.25) is 0 Å². The summed E-state index contributed by atoms with van der Waals surface area (Å²) in [6.45, 7) is 6.70. The molecule has 0 bridgehead atoms. The van der Waals surface area contributed by atoms with Crippen molar-refractivity contribution in [3.63, 3.8) is 0 Å². The molecule has 5 unspecified atom stereocenters. The standard InChI is InChI=1S/C27H41N8O5P/c1-16-9-11-20(12-10-16)40-41(33-18(3)26(36)39-19-7-5-6-8-19)37-14-21-13-17(2)25(38-21)35-15-30-22-23(34(4)29)31-27(28)32-24(22)35/h9-12,17-19,21,25,30,33H,5-8,13-15,29H2,1-4H3,(H2,28,31,32). The number of nitrogens with two attached hydrogens (primary N) is 2. The number of hydrogen-bond acceptors (Lipinski definition) is 13. The van der Waals surface area contributed by atoms with Crippen LogP contribution in [-0.2, 0) is 18.8 Å². The van der Waals surface area contributed by atoms with Crippen molar-refractivity contribution >= 4 is 37.8 Å². The summed E-state index contributed by atoms with van der Waals surface area (Å²) in [4.78, 5) is 23.5. The second kappa shape index (κ2) is 12.9. The molecule has 1 saturated carbocycles. The van der Waals surface area contributed by atoms with Gasteiger partial charge in [-0.15, -0.1) is 0 Å².